The van der Waals surface area contributed by atoms with Gasteiger partial charge in [0.25, 0.3) is 5.91 Å². The average Bonchev–Trinajstić information content (AvgIpc) is 3.12. The summed E-state index contributed by atoms with van der Waals surface area (Å²) in [5.41, 5.74) is 0.0632. The maximum Gasteiger partial charge on any atom is 0.418 e. The molecular weight excluding hydrogens is 449 g/mol. The summed E-state index contributed by atoms with van der Waals surface area (Å²) in [5, 5.41) is 2.37. The number of imide groups is 1. The minimum atomic E-state index is -4.64. The van der Waals surface area contributed by atoms with E-state index in [0.29, 0.717) is 24.3 Å². The number of hydrogen-bond donors (Lipinski definition) is 1. The number of rotatable bonds is 5. The third-order valence-corrected chi connectivity index (χ3v) is 6.14. The summed E-state index contributed by atoms with van der Waals surface area (Å²) in [7, 11) is 1.97. The average molecular weight is 474 g/mol. The van der Waals surface area contributed by atoms with Gasteiger partial charge in [-0.25, -0.2) is 0 Å². The molecule has 2 aromatic rings. The summed E-state index contributed by atoms with van der Waals surface area (Å²) in [6.07, 6.45) is -4.26. The van der Waals surface area contributed by atoms with E-state index in [-0.39, 0.29) is 42.5 Å². The van der Waals surface area contributed by atoms with Crippen molar-refractivity contribution >= 4 is 29.1 Å². The minimum Gasteiger partial charge on any atom is -0.369 e. The van der Waals surface area contributed by atoms with Gasteiger partial charge in [-0.2, -0.15) is 13.2 Å². The lowest BCUT2D eigenvalue weighted by atomic mass is 10.1. The highest BCUT2D eigenvalue weighted by Crippen LogP contribution is 2.37. The van der Waals surface area contributed by atoms with E-state index in [0.717, 1.165) is 24.1 Å². The van der Waals surface area contributed by atoms with Gasteiger partial charge in [0.05, 0.1) is 17.8 Å². The van der Waals surface area contributed by atoms with Gasteiger partial charge in [0.2, 0.25) is 11.8 Å². The van der Waals surface area contributed by atoms with E-state index in [4.69, 9.17) is 0 Å². The van der Waals surface area contributed by atoms with E-state index in [1.165, 1.54) is 18.2 Å². The summed E-state index contributed by atoms with van der Waals surface area (Å²) in [5.74, 6) is -1.17. The van der Waals surface area contributed by atoms with Crippen molar-refractivity contribution < 1.29 is 27.6 Å². The number of nitrogens with zero attached hydrogens (tertiary/aromatic N) is 3. The molecule has 0 unspecified atom stereocenters. The van der Waals surface area contributed by atoms with Crippen LogP contribution in [0.2, 0.25) is 0 Å². The Morgan fingerprint density at radius 1 is 0.941 bits per heavy atom. The van der Waals surface area contributed by atoms with Crippen molar-refractivity contribution in [2.45, 2.75) is 25.6 Å². The number of likely N-dealkylation sites (tertiary alicyclic amines) is 1. The van der Waals surface area contributed by atoms with Gasteiger partial charge in [-0.1, -0.05) is 12.1 Å². The molecule has 0 aliphatic carbocycles. The Morgan fingerprint density at radius 2 is 1.56 bits per heavy atom. The lowest BCUT2D eigenvalue weighted by Gasteiger charge is -2.34. The number of carbonyl (C=O) groups excluding carboxylic acids is 3. The van der Waals surface area contributed by atoms with Crippen LogP contribution in [-0.4, -0.2) is 60.7 Å². The maximum atomic E-state index is 13.8. The summed E-state index contributed by atoms with van der Waals surface area (Å²) >= 11 is 0. The van der Waals surface area contributed by atoms with Gasteiger partial charge in [0.15, 0.2) is 0 Å². The van der Waals surface area contributed by atoms with Crippen LogP contribution < -0.4 is 10.2 Å². The van der Waals surface area contributed by atoms with E-state index >= 15 is 0 Å². The van der Waals surface area contributed by atoms with E-state index in [2.05, 4.69) is 10.2 Å². The molecule has 2 fully saturated rings. The summed E-state index contributed by atoms with van der Waals surface area (Å²) in [6.45, 7) is 2.87. The zero-order chi connectivity index (χ0) is 24.5. The van der Waals surface area contributed by atoms with Gasteiger partial charge in [-0.05, 0) is 42.9 Å². The molecule has 34 heavy (non-hydrogen) atoms. The van der Waals surface area contributed by atoms with Crippen LogP contribution in [0.25, 0.3) is 0 Å². The van der Waals surface area contributed by atoms with Crippen LogP contribution in [0.1, 0.15) is 34.3 Å². The molecule has 0 spiro atoms. The Balaban J connectivity index is 1.48. The molecule has 0 aromatic heterocycles. The molecule has 10 heteroatoms. The number of likely N-dealkylation sites (N-methyl/N-ethyl adjacent to an activating group) is 1. The van der Waals surface area contributed by atoms with Gasteiger partial charge in [0, 0.05) is 50.3 Å². The topological polar surface area (TPSA) is 73.0 Å². The Labute approximate surface area is 195 Å². The summed E-state index contributed by atoms with van der Waals surface area (Å²) in [6, 6.07) is 10.0. The van der Waals surface area contributed by atoms with Gasteiger partial charge < -0.3 is 15.1 Å². The standard InChI is InChI=1S/C24H25F3N4O3/c1-29-10-12-30(13-11-29)18-6-7-20(19(14-18)24(25,26)27)28-23(34)17-4-2-16(3-5-17)15-31-21(32)8-9-22(31)33/h2-7,14H,8-13,15H2,1H3,(H,28,34). The number of piperazine rings is 1. The van der Waals surface area contributed by atoms with Crippen molar-refractivity contribution in [2.24, 2.45) is 0 Å². The van der Waals surface area contributed by atoms with Gasteiger partial charge >= 0.3 is 6.18 Å². The van der Waals surface area contributed by atoms with E-state index in [9.17, 15) is 27.6 Å². The monoisotopic (exact) mass is 474 g/mol. The van der Waals surface area contributed by atoms with Gasteiger partial charge in [0.1, 0.15) is 0 Å². The fourth-order valence-corrected chi connectivity index (χ4v) is 4.07. The van der Waals surface area contributed by atoms with Crippen molar-refractivity contribution in [2.75, 3.05) is 43.4 Å². The first-order valence-electron chi connectivity index (χ1n) is 11.0. The molecule has 2 aliphatic rings. The second-order valence-corrected chi connectivity index (χ2v) is 8.54. The molecule has 3 amide bonds. The van der Waals surface area contributed by atoms with E-state index in [1.54, 1.807) is 18.2 Å². The molecule has 2 heterocycles. The molecule has 0 atom stereocenters. The predicted octanol–water partition coefficient (Wildman–Crippen LogP) is 3.36. The van der Waals surface area contributed by atoms with Crippen molar-refractivity contribution in [3.63, 3.8) is 0 Å². The SMILES string of the molecule is CN1CCN(c2ccc(NC(=O)c3ccc(CN4C(=O)CCC4=O)cc3)c(C(F)(F)F)c2)CC1. The van der Waals surface area contributed by atoms with E-state index < -0.39 is 17.6 Å². The highest BCUT2D eigenvalue weighted by atomic mass is 19.4. The molecule has 0 saturated carbocycles. The van der Waals surface area contributed by atoms with Crippen LogP contribution in [0, 0.1) is 0 Å². The van der Waals surface area contributed by atoms with Crippen LogP contribution in [0.5, 0.6) is 0 Å². The molecule has 1 N–H and O–H groups in total. The Morgan fingerprint density at radius 3 is 2.15 bits per heavy atom. The molecular formula is C24H25F3N4O3. The lowest BCUT2D eigenvalue weighted by molar-refractivity contribution is -0.139. The number of alkyl halides is 3. The fraction of sp³-hybridized carbons (Fsp3) is 0.375. The number of anilines is 2. The molecule has 2 saturated heterocycles. The first kappa shape index (κ1) is 23.7. The Bertz CT molecular complexity index is 1080. The minimum absolute atomic E-state index is 0.103. The number of hydrogen-bond acceptors (Lipinski definition) is 5. The molecule has 4 rings (SSSR count). The smallest absolute Gasteiger partial charge is 0.369 e. The van der Waals surface area contributed by atoms with Crippen molar-refractivity contribution in [1.82, 2.24) is 9.80 Å². The fourth-order valence-electron chi connectivity index (χ4n) is 4.07. The number of halogens is 3. The lowest BCUT2D eigenvalue weighted by Crippen LogP contribution is -2.44. The van der Waals surface area contributed by atoms with Gasteiger partial charge in [-0.3, -0.25) is 19.3 Å². The Kier molecular flexibility index (Phi) is 6.60. The third kappa shape index (κ3) is 5.22. The first-order chi connectivity index (χ1) is 16.1. The molecule has 0 bridgehead atoms. The first-order valence-corrected chi connectivity index (χ1v) is 11.0. The second-order valence-electron chi connectivity index (χ2n) is 8.54. The zero-order valence-corrected chi connectivity index (χ0v) is 18.7. The summed E-state index contributed by atoms with van der Waals surface area (Å²) < 4.78 is 41.3. The molecule has 7 nitrogen and oxygen atoms in total. The normalized spacial score (nSPS) is 17.4. The van der Waals surface area contributed by atoms with Crippen LogP contribution in [0.3, 0.4) is 0 Å². The van der Waals surface area contributed by atoms with Crippen molar-refractivity contribution in [3.05, 3.63) is 59.2 Å². The highest BCUT2D eigenvalue weighted by molar-refractivity contribution is 6.05. The number of amides is 3. The highest BCUT2D eigenvalue weighted by Gasteiger charge is 2.35. The number of benzene rings is 2. The number of carbonyl (C=O) groups is 3. The van der Waals surface area contributed by atoms with E-state index in [1.807, 2.05) is 11.9 Å². The van der Waals surface area contributed by atoms with Crippen LogP contribution in [0.15, 0.2) is 42.5 Å². The van der Waals surface area contributed by atoms with Gasteiger partial charge in [-0.15, -0.1) is 0 Å². The molecule has 2 aliphatic heterocycles. The van der Waals surface area contributed by atoms with Crippen molar-refractivity contribution in [1.29, 1.82) is 0 Å². The van der Waals surface area contributed by atoms with Crippen LogP contribution in [0.4, 0.5) is 24.5 Å². The zero-order valence-electron chi connectivity index (χ0n) is 18.7. The predicted molar refractivity (Wildman–Crippen MR) is 120 cm³/mol. The second kappa shape index (κ2) is 9.46. The largest absolute Gasteiger partial charge is 0.418 e. The molecule has 180 valence electrons. The maximum absolute atomic E-state index is 13.8. The molecule has 2 aromatic carbocycles. The summed E-state index contributed by atoms with van der Waals surface area (Å²) in [4.78, 5) is 41.4. The quantitative estimate of drug-likeness (QED) is 0.673. The molecule has 0 radical (unpaired) electrons. The Hall–Kier alpha value is -3.40. The van der Waals surface area contributed by atoms with Crippen LogP contribution in [-0.2, 0) is 22.3 Å². The van der Waals surface area contributed by atoms with Crippen LogP contribution >= 0.6 is 0 Å². The number of nitrogens with one attached hydrogen (secondary N) is 1. The van der Waals surface area contributed by atoms with Crippen molar-refractivity contribution in [3.8, 4) is 0 Å². The third-order valence-electron chi connectivity index (χ3n) is 6.14.